The Labute approximate surface area is 114 Å². The summed E-state index contributed by atoms with van der Waals surface area (Å²) in [4.78, 5) is 15.6. The summed E-state index contributed by atoms with van der Waals surface area (Å²) in [6.45, 7) is 2.01. The Bertz CT molecular complexity index is 571. The van der Waals surface area contributed by atoms with Crippen LogP contribution in [0.2, 0.25) is 0 Å². The highest BCUT2D eigenvalue weighted by Gasteiger charge is 2.19. The van der Waals surface area contributed by atoms with Gasteiger partial charge in [-0.05, 0) is 23.9 Å². The van der Waals surface area contributed by atoms with Crippen molar-refractivity contribution in [2.45, 2.75) is 19.4 Å². The minimum absolute atomic E-state index is 0.00648. The first-order valence-electron chi connectivity index (χ1n) is 5.82. The topological polar surface area (TPSA) is 94.1 Å². The Morgan fingerprint density at radius 2 is 2.32 bits per heavy atom. The van der Waals surface area contributed by atoms with Crippen LogP contribution in [0.1, 0.15) is 24.3 Å². The fourth-order valence-electron chi connectivity index (χ4n) is 1.75. The first-order valence-corrected chi connectivity index (χ1v) is 6.70. The van der Waals surface area contributed by atoms with Crippen LogP contribution in [0.25, 0.3) is 0 Å². The van der Waals surface area contributed by atoms with Crippen molar-refractivity contribution >= 4 is 28.7 Å². The van der Waals surface area contributed by atoms with Gasteiger partial charge < -0.3 is 11.1 Å². The molecule has 2 aromatic heterocycles. The van der Waals surface area contributed by atoms with Gasteiger partial charge in [-0.25, -0.2) is 4.98 Å². The van der Waals surface area contributed by atoms with Crippen molar-refractivity contribution in [1.82, 2.24) is 4.98 Å². The van der Waals surface area contributed by atoms with Gasteiger partial charge in [0.2, 0.25) is 5.82 Å². The maximum absolute atomic E-state index is 11.0. The quantitative estimate of drug-likeness (QED) is 0.647. The van der Waals surface area contributed by atoms with E-state index in [1.54, 1.807) is 11.3 Å². The highest BCUT2D eigenvalue weighted by atomic mass is 32.1. The number of nitro groups is 1. The maximum atomic E-state index is 11.0. The van der Waals surface area contributed by atoms with E-state index < -0.39 is 4.92 Å². The molecule has 2 aromatic rings. The van der Waals surface area contributed by atoms with Crippen LogP contribution >= 0.6 is 11.3 Å². The number of thiophene rings is 1. The summed E-state index contributed by atoms with van der Waals surface area (Å²) in [7, 11) is 0. The van der Waals surface area contributed by atoms with Crippen LogP contribution in [-0.2, 0) is 0 Å². The normalized spacial score (nSPS) is 12.1. The average molecular weight is 278 g/mol. The van der Waals surface area contributed by atoms with Crippen molar-refractivity contribution in [2.75, 3.05) is 11.1 Å². The summed E-state index contributed by atoms with van der Waals surface area (Å²) >= 11 is 1.60. The van der Waals surface area contributed by atoms with Gasteiger partial charge in [0.1, 0.15) is 5.82 Å². The van der Waals surface area contributed by atoms with Crippen LogP contribution in [0.5, 0.6) is 0 Å². The Kier molecular flexibility index (Phi) is 3.96. The molecule has 0 spiro atoms. The fraction of sp³-hybridized carbons (Fsp3) is 0.250. The van der Waals surface area contributed by atoms with Crippen LogP contribution in [0.3, 0.4) is 0 Å². The third-order valence-electron chi connectivity index (χ3n) is 2.70. The first kappa shape index (κ1) is 13.3. The molecule has 100 valence electrons. The molecular formula is C12H14N4O2S. The van der Waals surface area contributed by atoms with Gasteiger partial charge in [-0.3, -0.25) is 10.1 Å². The van der Waals surface area contributed by atoms with E-state index in [2.05, 4.69) is 10.3 Å². The smallest absolute Gasteiger partial charge is 0.311 e. The summed E-state index contributed by atoms with van der Waals surface area (Å²) in [5, 5.41) is 16.0. The lowest BCUT2D eigenvalue weighted by molar-refractivity contribution is -0.384. The first-order chi connectivity index (χ1) is 9.11. The molecule has 0 radical (unpaired) electrons. The number of hydrogen-bond donors (Lipinski definition) is 2. The van der Waals surface area contributed by atoms with Crippen molar-refractivity contribution in [1.29, 1.82) is 0 Å². The molecular weight excluding hydrogens is 264 g/mol. The molecule has 0 bridgehead atoms. The Morgan fingerprint density at radius 3 is 2.89 bits per heavy atom. The predicted molar refractivity (Wildman–Crippen MR) is 76.3 cm³/mol. The van der Waals surface area contributed by atoms with E-state index in [-0.39, 0.29) is 23.4 Å². The molecule has 0 aliphatic heterocycles. The molecule has 2 heterocycles. The standard InChI is InChI=1S/C12H14N4O2S/c1-2-8(10-4-3-7-19-10)14-12-9(16(17)18)5-6-11(13)15-12/h3-8H,2H2,1H3,(H3,13,14,15). The van der Waals surface area contributed by atoms with E-state index in [1.807, 2.05) is 24.4 Å². The highest BCUT2D eigenvalue weighted by molar-refractivity contribution is 7.10. The van der Waals surface area contributed by atoms with Gasteiger partial charge in [0, 0.05) is 10.9 Å². The fourth-order valence-corrected chi connectivity index (χ4v) is 2.61. The van der Waals surface area contributed by atoms with Crippen molar-refractivity contribution in [3.63, 3.8) is 0 Å². The zero-order chi connectivity index (χ0) is 13.8. The minimum Gasteiger partial charge on any atom is -0.384 e. The lowest BCUT2D eigenvalue weighted by Crippen LogP contribution is -2.11. The summed E-state index contributed by atoms with van der Waals surface area (Å²) in [6, 6.07) is 6.73. The predicted octanol–water partition coefficient (Wildman–Crippen LogP) is 3.20. The van der Waals surface area contributed by atoms with Crippen molar-refractivity contribution in [3.8, 4) is 0 Å². The van der Waals surface area contributed by atoms with Crippen LogP contribution in [0, 0.1) is 10.1 Å². The number of nitrogens with two attached hydrogens (primary N) is 1. The number of nitrogens with one attached hydrogen (secondary N) is 1. The number of nitrogens with zero attached hydrogens (tertiary/aromatic N) is 2. The molecule has 3 N–H and O–H groups in total. The summed E-state index contributed by atoms with van der Waals surface area (Å²) in [6.07, 6.45) is 0.800. The largest absolute Gasteiger partial charge is 0.384 e. The van der Waals surface area contributed by atoms with Gasteiger partial charge in [-0.2, -0.15) is 0 Å². The van der Waals surface area contributed by atoms with Crippen molar-refractivity contribution < 1.29 is 4.92 Å². The second kappa shape index (κ2) is 5.66. The molecule has 0 aliphatic rings. The Balaban J connectivity index is 2.31. The Morgan fingerprint density at radius 1 is 1.53 bits per heavy atom. The van der Waals surface area contributed by atoms with Crippen LogP contribution in [0.15, 0.2) is 29.6 Å². The molecule has 0 fully saturated rings. The van der Waals surface area contributed by atoms with E-state index in [9.17, 15) is 10.1 Å². The second-order valence-corrected chi connectivity index (χ2v) is 4.96. The molecule has 0 saturated heterocycles. The number of aromatic nitrogens is 1. The molecule has 0 saturated carbocycles. The molecule has 1 unspecified atom stereocenters. The number of pyridine rings is 1. The van der Waals surface area contributed by atoms with Crippen molar-refractivity contribution in [3.05, 3.63) is 44.6 Å². The lowest BCUT2D eigenvalue weighted by Gasteiger charge is -2.16. The van der Waals surface area contributed by atoms with E-state index in [4.69, 9.17) is 5.73 Å². The summed E-state index contributed by atoms with van der Waals surface area (Å²) in [5.74, 6) is 0.472. The Hall–Kier alpha value is -2.15. The molecule has 0 aromatic carbocycles. The summed E-state index contributed by atoms with van der Waals surface area (Å²) in [5.41, 5.74) is 5.53. The van der Waals surface area contributed by atoms with E-state index in [0.717, 1.165) is 11.3 Å². The van der Waals surface area contributed by atoms with E-state index in [1.165, 1.54) is 12.1 Å². The van der Waals surface area contributed by atoms with Gasteiger partial charge in [0.25, 0.3) is 0 Å². The maximum Gasteiger partial charge on any atom is 0.311 e. The molecule has 1 atom stereocenters. The van der Waals surface area contributed by atoms with E-state index >= 15 is 0 Å². The molecule has 2 rings (SSSR count). The van der Waals surface area contributed by atoms with Crippen LogP contribution < -0.4 is 11.1 Å². The number of nitrogen functional groups attached to an aromatic ring is 1. The van der Waals surface area contributed by atoms with Crippen LogP contribution in [0.4, 0.5) is 17.3 Å². The average Bonchev–Trinajstić information content (AvgIpc) is 2.89. The SMILES string of the molecule is CCC(Nc1nc(N)ccc1[N+](=O)[O-])c1cccs1. The number of rotatable bonds is 5. The van der Waals surface area contributed by atoms with Crippen LogP contribution in [-0.4, -0.2) is 9.91 Å². The van der Waals surface area contributed by atoms with Gasteiger partial charge in [-0.15, -0.1) is 11.3 Å². The number of anilines is 2. The molecule has 0 aliphatic carbocycles. The van der Waals surface area contributed by atoms with Crippen molar-refractivity contribution in [2.24, 2.45) is 0 Å². The van der Waals surface area contributed by atoms with Gasteiger partial charge >= 0.3 is 5.69 Å². The third-order valence-corrected chi connectivity index (χ3v) is 3.68. The molecule has 19 heavy (non-hydrogen) atoms. The second-order valence-electron chi connectivity index (χ2n) is 3.98. The molecule has 7 heteroatoms. The molecule has 0 amide bonds. The zero-order valence-electron chi connectivity index (χ0n) is 10.4. The highest BCUT2D eigenvalue weighted by Crippen LogP contribution is 2.30. The molecule has 6 nitrogen and oxygen atoms in total. The van der Waals surface area contributed by atoms with Gasteiger partial charge in [0.15, 0.2) is 0 Å². The summed E-state index contributed by atoms with van der Waals surface area (Å²) < 4.78 is 0. The van der Waals surface area contributed by atoms with Gasteiger partial charge in [0.05, 0.1) is 11.0 Å². The van der Waals surface area contributed by atoms with E-state index in [0.29, 0.717) is 0 Å². The lowest BCUT2D eigenvalue weighted by atomic mass is 10.2. The third kappa shape index (κ3) is 3.00. The monoisotopic (exact) mass is 278 g/mol. The minimum atomic E-state index is -0.462. The van der Waals surface area contributed by atoms with Gasteiger partial charge in [-0.1, -0.05) is 13.0 Å². The zero-order valence-corrected chi connectivity index (χ0v) is 11.2. The number of hydrogen-bond acceptors (Lipinski definition) is 6.